The van der Waals surface area contributed by atoms with Gasteiger partial charge in [0.1, 0.15) is 5.75 Å². The molecule has 1 N–H and O–H groups in total. The van der Waals surface area contributed by atoms with Crippen LogP contribution in [0.5, 0.6) is 5.75 Å². The van der Waals surface area contributed by atoms with Gasteiger partial charge in [0.15, 0.2) is 0 Å². The Morgan fingerprint density at radius 1 is 1.03 bits per heavy atom. The van der Waals surface area contributed by atoms with E-state index in [2.05, 4.69) is 53.1 Å². The molecule has 0 unspecified atom stereocenters. The standard InChI is InChI=1S/C26H32N2O2/c1-20(27-17-13-24(14-18-27)23-7-9-25(29)10-8-23)26(30)28-15-11-22(12-16-28)19-21-5-3-2-4-6-21/h2-10,13,20,22,29H,11-12,14-19H2,1H3/t20-/m1/s1. The van der Waals surface area contributed by atoms with Crippen molar-refractivity contribution >= 4 is 11.5 Å². The van der Waals surface area contributed by atoms with E-state index in [-0.39, 0.29) is 11.9 Å². The summed E-state index contributed by atoms with van der Waals surface area (Å²) in [4.78, 5) is 17.4. The van der Waals surface area contributed by atoms with Crippen LogP contribution in [0.4, 0.5) is 0 Å². The maximum atomic E-state index is 13.1. The number of piperidine rings is 1. The topological polar surface area (TPSA) is 43.8 Å². The smallest absolute Gasteiger partial charge is 0.239 e. The first kappa shape index (κ1) is 20.7. The molecule has 0 spiro atoms. The molecule has 2 aromatic carbocycles. The molecule has 1 atom stereocenters. The fraction of sp³-hybridized carbons (Fsp3) is 0.423. The second-order valence-corrected chi connectivity index (χ2v) is 8.66. The van der Waals surface area contributed by atoms with Crippen molar-refractivity contribution in [2.24, 2.45) is 5.92 Å². The van der Waals surface area contributed by atoms with Gasteiger partial charge in [-0.05, 0) is 67.4 Å². The van der Waals surface area contributed by atoms with Gasteiger partial charge in [-0.2, -0.15) is 0 Å². The Morgan fingerprint density at radius 2 is 1.73 bits per heavy atom. The summed E-state index contributed by atoms with van der Waals surface area (Å²) in [7, 11) is 0. The lowest BCUT2D eigenvalue weighted by Gasteiger charge is -2.37. The summed E-state index contributed by atoms with van der Waals surface area (Å²) in [5.41, 5.74) is 3.86. The Balaban J connectivity index is 1.27. The van der Waals surface area contributed by atoms with Crippen molar-refractivity contribution < 1.29 is 9.90 Å². The van der Waals surface area contributed by atoms with Crippen LogP contribution in [-0.2, 0) is 11.2 Å². The highest BCUT2D eigenvalue weighted by Crippen LogP contribution is 2.26. The molecular formula is C26H32N2O2. The fourth-order valence-corrected chi connectivity index (χ4v) is 4.70. The van der Waals surface area contributed by atoms with E-state index >= 15 is 0 Å². The third-order valence-corrected chi connectivity index (χ3v) is 6.68. The van der Waals surface area contributed by atoms with E-state index in [9.17, 15) is 9.90 Å². The highest BCUT2D eigenvalue weighted by atomic mass is 16.3. The van der Waals surface area contributed by atoms with Gasteiger partial charge >= 0.3 is 0 Å². The third kappa shape index (κ3) is 4.93. The van der Waals surface area contributed by atoms with Gasteiger partial charge in [0.25, 0.3) is 0 Å². The van der Waals surface area contributed by atoms with Crippen molar-refractivity contribution in [1.29, 1.82) is 0 Å². The molecule has 0 saturated carbocycles. The number of hydrogen-bond acceptors (Lipinski definition) is 3. The maximum absolute atomic E-state index is 13.1. The van der Waals surface area contributed by atoms with Gasteiger partial charge in [-0.1, -0.05) is 48.5 Å². The SMILES string of the molecule is C[C@H](C(=O)N1CCC(Cc2ccccc2)CC1)N1CC=C(c2ccc(O)cc2)CC1. The molecule has 0 aromatic heterocycles. The van der Waals surface area contributed by atoms with Crippen LogP contribution in [0, 0.1) is 5.92 Å². The van der Waals surface area contributed by atoms with Crippen LogP contribution in [-0.4, -0.2) is 53.0 Å². The highest BCUT2D eigenvalue weighted by molar-refractivity contribution is 5.82. The van der Waals surface area contributed by atoms with E-state index in [4.69, 9.17) is 0 Å². The highest BCUT2D eigenvalue weighted by Gasteiger charge is 2.30. The minimum absolute atomic E-state index is 0.0757. The van der Waals surface area contributed by atoms with Gasteiger partial charge in [0.2, 0.25) is 5.91 Å². The number of carbonyl (C=O) groups excluding carboxylic acids is 1. The number of phenolic OH excluding ortho intramolecular Hbond substituents is 1. The van der Waals surface area contributed by atoms with Gasteiger partial charge in [0, 0.05) is 26.2 Å². The van der Waals surface area contributed by atoms with Gasteiger partial charge in [0.05, 0.1) is 6.04 Å². The molecule has 158 valence electrons. The Labute approximate surface area is 179 Å². The molecule has 2 aromatic rings. The van der Waals surface area contributed by atoms with Crippen LogP contribution in [0.1, 0.15) is 37.3 Å². The van der Waals surface area contributed by atoms with Crippen molar-refractivity contribution in [2.75, 3.05) is 26.2 Å². The summed E-state index contributed by atoms with van der Waals surface area (Å²) in [5.74, 6) is 1.25. The van der Waals surface area contributed by atoms with Crippen LogP contribution in [0.3, 0.4) is 0 Å². The van der Waals surface area contributed by atoms with Crippen LogP contribution >= 0.6 is 0 Å². The normalized spacial score (nSPS) is 19.4. The maximum Gasteiger partial charge on any atom is 0.239 e. The van der Waals surface area contributed by atoms with Crippen LogP contribution in [0.2, 0.25) is 0 Å². The second-order valence-electron chi connectivity index (χ2n) is 8.66. The van der Waals surface area contributed by atoms with Crippen molar-refractivity contribution in [3.05, 3.63) is 71.8 Å². The Kier molecular flexibility index (Phi) is 6.53. The minimum Gasteiger partial charge on any atom is -0.508 e. The number of amides is 1. The van der Waals surface area contributed by atoms with Crippen molar-refractivity contribution in [3.63, 3.8) is 0 Å². The zero-order valence-corrected chi connectivity index (χ0v) is 17.8. The Bertz CT molecular complexity index is 868. The first-order valence-corrected chi connectivity index (χ1v) is 11.2. The summed E-state index contributed by atoms with van der Waals surface area (Å²) in [6.07, 6.45) is 6.47. The summed E-state index contributed by atoms with van der Waals surface area (Å²) >= 11 is 0. The number of likely N-dealkylation sites (tertiary alicyclic amines) is 1. The van der Waals surface area contributed by atoms with Gasteiger partial charge in [-0.15, -0.1) is 0 Å². The van der Waals surface area contributed by atoms with E-state index in [1.54, 1.807) is 12.1 Å². The molecule has 0 radical (unpaired) electrons. The molecule has 2 aliphatic rings. The lowest BCUT2D eigenvalue weighted by Crippen LogP contribution is -2.50. The zero-order valence-electron chi connectivity index (χ0n) is 17.8. The molecular weight excluding hydrogens is 372 g/mol. The first-order valence-electron chi connectivity index (χ1n) is 11.2. The summed E-state index contributed by atoms with van der Waals surface area (Å²) in [5, 5.41) is 9.48. The van der Waals surface area contributed by atoms with Crippen molar-refractivity contribution in [1.82, 2.24) is 9.80 Å². The monoisotopic (exact) mass is 404 g/mol. The van der Waals surface area contributed by atoms with E-state index in [1.165, 1.54) is 11.1 Å². The van der Waals surface area contributed by atoms with Crippen LogP contribution in [0.25, 0.3) is 5.57 Å². The van der Waals surface area contributed by atoms with E-state index in [0.29, 0.717) is 11.7 Å². The lowest BCUT2D eigenvalue weighted by atomic mass is 9.90. The van der Waals surface area contributed by atoms with Crippen molar-refractivity contribution in [3.8, 4) is 5.75 Å². The molecule has 4 nitrogen and oxygen atoms in total. The average molecular weight is 405 g/mol. The van der Waals surface area contributed by atoms with Gasteiger partial charge < -0.3 is 10.0 Å². The quantitative estimate of drug-likeness (QED) is 0.806. The summed E-state index contributed by atoms with van der Waals surface area (Å²) in [6, 6.07) is 18.0. The third-order valence-electron chi connectivity index (χ3n) is 6.68. The molecule has 1 amide bonds. The number of nitrogens with zero attached hydrogens (tertiary/aromatic N) is 2. The van der Waals surface area contributed by atoms with Gasteiger partial charge in [-0.3, -0.25) is 9.69 Å². The predicted octanol–water partition coefficient (Wildman–Crippen LogP) is 4.35. The summed E-state index contributed by atoms with van der Waals surface area (Å²) in [6.45, 7) is 5.50. The molecule has 4 rings (SSSR count). The largest absolute Gasteiger partial charge is 0.508 e. The predicted molar refractivity (Wildman–Crippen MR) is 121 cm³/mol. The molecule has 1 saturated heterocycles. The van der Waals surface area contributed by atoms with E-state index in [0.717, 1.165) is 57.4 Å². The number of carbonyl (C=O) groups is 1. The molecule has 0 bridgehead atoms. The number of phenols is 1. The average Bonchev–Trinajstić information content (AvgIpc) is 2.80. The van der Waals surface area contributed by atoms with E-state index < -0.39 is 0 Å². The molecule has 1 fully saturated rings. The first-order chi connectivity index (χ1) is 14.6. The number of rotatable bonds is 5. The molecule has 4 heteroatoms. The van der Waals surface area contributed by atoms with Crippen LogP contribution < -0.4 is 0 Å². The number of hydrogen-bond donors (Lipinski definition) is 1. The lowest BCUT2D eigenvalue weighted by molar-refractivity contribution is -0.137. The molecule has 30 heavy (non-hydrogen) atoms. The number of aromatic hydroxyl groups is 1. The van der Waals surface area contributed by atoms with E-state index in [1.807, 2.05) is 12.1 Å². The molecule has 0 aliphatic carbocycles. The van der Waals surface area contributed by atoms with Gasteiger partial charge in [-0.25, -0.2) is 0 Å². The summed E-state index contributed by atoms with van der Waals surface area (Å²) < 4.78 is 0. The Morgan fingerprint density at radius 3 is 2.37 bits per heavy atom. The number of benzene rings is 2. The molecule has 2 heterocycles. The molecule has 2 aliphatic heterocycles. The van der Waals surface area contributed by atoms with Crippen molar-refractivity contribution in [2.45, 2.75) is 38.6 Å². The zero-order chi connectivity index (χ0) is 20.9. The second kappa shape index (κ2) is 9.48. The minimum atomic E-state index is -0.0757. The van der Waals surface area contributed by atoms with Crippen LogP contribution in [0.15, 0.2) is 60.7 Å². The fourth-order valence-electron chi connectivity index (χ4n) is 4.70. The Hall–Kier alpha value is -2.59.